The van der Waals surface area contributed by atoms with E-state index >= 15 is 0 Å². The first-order valence-electron chi connectivity index (χ1n) is 10.9. The van der Waals surface area contributed by atoms with Crippen LogP contribution >= 0.6 is 0 Å². The number of halogens is 3. The normalized spacial score (nSPS) is 11.3. The maximum atomic E-state index is 12.8. The van der Waals surface area contributed by atoms with Crippen molar-refractivity contribution in [1.29, 1.82) is 5.26 Å². The number of hydrogen-bond acceptors (Lipinski definition) is 6. The molecule has 0 radical (unpaired) electrons. The summed E-state index contributed by atoms with van der Waals surface area (Å²) >= 11 is 0. The number of aromatic amines is 1. The second-order valence-electron chi connectivity index (χ2n) is 8.08. The minimum Gasteiger partial charge on any atom is -0.339 e. The lowest BCUT2D eigenvalue weighted by molar-refractivity contribution is -0.141. The van der Waals surface area contributed by atoms with Crippen molar-refractivity contribution in [2.75, 3.05) is 5.32 Å². The summed E-state index contributed by atoms with van der Waals surface area (Å²) in [4.78, 5) is 31.6. The summed E-state index contributed by atoms with van der Waals surface area (Å²) in [5, 5.41) is 12.4. The minimum atomic E-state index is -4.60. The third kappa shape index (κ3) is 5.28. The summed E-state index contributed by atoms with van der Waals surface area (Å²) in [6.45, 7) is 0. The molecule has 5 heterocycles. The van der Waals surface area contributed by atoms with Crippen LogP contribution in [-0.4, -0.2) is 30.8 Å². The third-order valence-corrected chi connectivity index (χ3v) is 5.49. The molecule has 182 valence electrons. The van der Waals surface area contributed by atoms with Gasteiger partial charge in [0, 0.05) is 63.9 Å². The molecule has 0 aliphatic heterocycles. The van der Waals surface area contributed by atoms with Crippen LogP contribution in [0.1, 0.15) is 17.1 Å². The molecule has 0 atom stereocenters. The quantitative estimate of drug-likeness (QED) is 0.345. The number of aromatic nitrogens is 5. The zero-order valence-corrected chi connectivity index (χ0v) is 18.9. The molecule has 8 nitrogen and oxygen atoms in total. The fourth-order valence-corrected chi connectivity index (χ4v) is 3.72. The van der Waals surface area contributed by atoms with Crippen molar-refractivity contribution in [1.82, 2.24) is 24.9 Å². The first kappa shape index (κ1) is 23.6. The van der Waals surface area contributed by atoms with Gasteiger partial charge in [-0.25, -0.2) is 9.97 Å². The van der Waals surface area contributed by atoms with Crippen LogP contribution in [-0.2, 0) is 17.4 Å². The Balaban J connectivity index is 1.29. The highest BCUT2D eigenvalue weighted by Gasteiger charge is 2.32. The van der Waals surface area contributed by atoms with E-state index in [2.05, 4.69) is 30.2 Å². The number of pyridine rings is 4. The fraction of sp³-hybridized carbons (Fsp3) is 0.0769. The van der Waals surface area contributed by atoms with Gasteiger partial charge in [-0.15, -0.1) is 0 Å². The number of hydrogen-bond donors (Lipinski definition) is 2. The molecule has 11 heteroatoms. The van der Waals surface area contributed by atoms with Gasteiger partial charge in [0.1, 0.15) is 23.1 Å². The summed E-state index contributed by atoms with van der Waals surface area (Å²) in [7, 11) is 0. The molecule has 0 aromatic carbocycles. The van der Waals surface area contributed by atoms with Crippen LogP contribution in [0.25, 0.3) is 33.4 Å². The summed E-state index contributed by atoms with van der Waals surface area (Å²) in [6.07, 6.45) is 1.15. The van der Waals surface area contributed by atoms with E-state index in [9.17, 15) is 18.0 Å². The van der Waals surface area contributed by atoms with Gasteiger partial charge in [-0.3, -0.25) is 14.8 Å². The molecule has 0 fully saturated rings. The van der Waals surface area contributed by atoms with Crippen LogP contribution in [0, 0.1) is 11.3 Å². The Hall–Kier alpha value is -5.11. The molecule has 5 aromatic rings. The number of alkyl halides is 3. The van der Waals surface area contributed by atoms with Crippen molar-refractivity contribution in [2.24, 2.45) is 0 Å². The number of carbonyl (C=O) groups is 1. The zero-order valence-electron chi connectivity index (χ0n) is 18.9. The number of amides is 1. The van der Waals surface area contributed by atoms with Gasteiger partial charge in [0.05, 0.1) is 6.42 Å². The van der Waals surface area contributed by atoms with Crippen LogP contribution in [0.2, 0.25) is 0 Å². The lowest BCUT2D eigenvalue weighted by Gasteiger charge is -2.09. The molecule has 0 unspecified atom stereocenters. The summed E-state index contributed by atoms with van der Waals surface area (Å²) in [6, 6.07) is 14.9. The van der Waals surface area contributed by atoms with E-state index in [1.165, 1.54) is 6.07 Å². The van der Waals surface area contributed by atoms with Gasteiger partial charge < -0.3 is 10.3 Å². The smallest absolute Gasteiger partial charge is 0.339 e. The second kappa shape index (κ2) is 9.50. The van der Waals surface area contributed by atoms with E-state index in [1.54, 1.807) is 42.9 Å². The predicted octanol–water partition coefficient (Wildman–Crippen LogP) is 5.15. The SMILES string of the molecule is N#Cc1cc(-c2cc3cc(-c4ccc(CC(=O)Nc5ccnc(C(F)(F)F)c5)nc4)cnc3[nH]2)ccn1. The molecule has 1 amide bonds. The number of carbonyl (C=O) groups excluding carboxylic acids is 1. The van der Waals surface area contributed by atoms with Crippen molar-refractivity contribution in [2.45, 2.75) is 12.6 Å². The minimum absolute atomic E-state index is 0.00445. The molecule has 0 aliphatic carbocycles. The van der Waals surface area contributed by atoms with Crippen LogP contribution < -0.4 is 5.32 Å². The number of H-pyrrole nitrogens is 1. The molecule has 0 saturated heterocycles. The molecule has 5 rings (SSSR count). The summed E-state index contributed by atoms with van der Waals surface area (Å²) in [5.41, 5.74) is 3.58. The number of anilines is 1. The first-order valence-corrected chi connectivity index (χ1v) is 10.9. The van der Waals surface area contributed by atoms with Crippen LogP contribution in [0.4, 0.5) is 18.9 Å². The van der Waals surface area contributed by atoms with Gasteiger partial charge >= 0.3 is 6.18 Å². The number of nitrogens with zero attached hydrogens (tertiary/aromatic N) is 5. The topological polar surface area (TPSA) is 120 Å². The standard InChI is InChI=1S/C26H16F3N7O/c27-26(28,29)23-10-20(4-6-32-23)35-24(37)11-19-2-1-16(13-33-19)18-7-17-9-22(36-25(17)34-14-18)15-3-5-31-21(8-15)12-30/h1-10,13-14H,11H2,(H,34,36)(H,32,35,37). The van der Waals surface area contributed by atoms with Crippen LogP contribution in [0.5, 0.6) is 0 Å². The number of nitrogens with one attached hydrogen (secondary N) is 2. The highest BCUT2D eigenvalue weighted by Crippen LogP contribution is 2.29. The van der Waals surface area contributed by atoms with E-state index in [0.717, 1.165) is 40.0 Å². The number of nitriles is 1. The number of fused-ring (bicyclic) bond motifs is 1. The lowest BCUT2D eigenvalue weighted by atomic mass is 10.1. The van der Waals surface area contributed by atoms with E-state index in [0.29, 0.717) is 17.0 Å². The van der Waals surface area contributed by atoms with Gasteiger partial charge in [-0.05, 0) is 42.5 Å². The molecular weight excluding hydrogens is 483 g/mol. The van der Waals surface area contributed by atoms with E-state index in [1.807, 2.05) is 18.2 Å². The first-order chi connectivity index (χ1) is 17.8. The number of rotatable bonds is 5. The molecule has 0 saturated carbocycles. The highest BCUT2D eigenvalue weighted by atomic mass is 19.4. The molecule has 0 spiro atoms. The maximum Gasteiger partial charge on any atom is 0.433 e. The van der Waals surface area contributed by atoms with Crippen molar-refractivity contribution in [3.63, 3.8) is 0 Å². The Kier molecular flexibility index (Phi) is 6.07. The molecule has 5 aromatic heterocycles. The molecule has 37 heavy (non-hydrogen) atoms. The van der Waals surface area contributed by atoms with Gasteiger partial charge in [0.2, 0.25) is 5.91 Å². The largest absolute Gasteiger partial charge is 0.433 e. The molecule has 2 N–H and O–H groups in total. The molecular formula is C26H16F3N7O. The average molecular weight is 499 g/mol. The average Bonchev–Trinajstić information content (AvgIpc) is 3.32. The summed E-state index contributed by atoms with van der Waals surface area (Å²) < 4.78 is 38.5. The fourth-order valence-electron chi connectivity index (χ4n) is 3.72. The predicted molar refractivity (Wildman–Crippen MR) is 129 cm³/mol. The third-order valence-electron chi connectivity index (χ3n) is 5.49. The molecule has 0 bridgehead atoms. The van der Waals surface area contributed by atoms with E-state index in [4.69, 9.17) is 5.26 Å². The Labute approximate surface area is 207 Å². The van der Waals surface area contributed by atoms with E-state index in [-0.39, 0.29) is 12.1 Å². The zero-order chi connectivity index (χ0) is 26.0. The maximum absolute atomic E-state index is 12.8. The monoisotopic (exact) mass is 499 g/mol. The van der Waals surface area contributed by atoms with Crippen molar-refractivity contribution >= 4 is 22.6 Å². The van der Waals surface area contributed by atoms with E-state index < -0.39 is 17.8 Å². The lowest BCUT2D eigenvalue weighted by Crippen LogP contribution is -2.16. The van der Waals surface area contributed by atoms with Crippen molar-refractivity contribution in [3.8, 4) is 28.5 Å². The van der Waals surface area contributed by atoms with Crippen LogP contribution in [0.15, 0.2) is 73.3 Å². The second-order valence-corrected chi connectivity index (χ2v) is 8.08. The molecule has 0 aliphatic rings. The highest BCUT2D eigenvalue weighted by molar-refractivity contribution is 5.92. The van der Waals surface area contributed by atoms with Gasteiger partial charge in [0.15, 0.2) is 0 Å². The van der Waals surface area contributed by atoms with Gasteiger partial charge in [-0.1, -0.05) is 6.07 Å². The Morgan fingerprint density at radius 1 is 0.919 bits per heavy atom. The van der Waals surface area contributed by atoms with Crippen molar-refractivity contribution < 1.29 is 18.0 Å². The Bertz CT molecular complexity index is 1650. The Morgan fingerprint density at radius 3 is 2.49 bits per heavy atom. The Morgan fingerprint density at radius 2 is 1.73 bits per heavy atom. The van der Waals surface area contributed by atoms with Gasteiger partial charge in [-0.2, -0.15) is 18.4 Å². The van der Waals surface area contributed by atoms with Crippen LogP contribution in [0.3, 0.4) is 0 Å². The van der Waals surface area contributed by atoms with Gasteiger partial charge in [0.25, 0.3) is 0 Å². The van der Waals surface area contributed by atoms with Crippen molar-refractivity contribution in [3.05, 3.63) is 90.4 Å². The summed E-state index contributed by atoms with van der Waals surface area (Å²) in [5.74, 6) is -0.502.